The van der Waals surface area contributed by atoms with Crippen molar-refractivity contribution in [3.05, 3.63) is 38.9 Å². The van der Waals surface area contributed by atoms with Gasteiger partial charge in [0, 0.05) is 17.2 Å². The first-order valence-corrected chi connectivity index (χ1v) is 4.54. The van der Waals surface area contributed by atoms with E-state index in [1.807, 2.05) is 0 Å². The van der Waals surface area contributed by atoms with Crippen LogP contribution in [0.1, 0.15) is 16.7 Å². The molecule has 0 saturated carbocycles. The summed E-state index contributed by atoms with van der Waals surface area (Å²) in [6.45, 7) is 1.42. The highest BCUT2D eigenvalue weighted by Crippen LogP contribution is 2.33. The van der Waals surface area contributed by atoms with E-state index in [0.29, 0.717) is 0 Å². The third kappa shape index (κ3) is 2.16. The molecular weight excluding hydrogens is 220 g/mol. The maximum absolute atomic E-state index is 13.2. The molecule has 88 valence electrons. The Bertz CT molecular complexity index is 432. The molecule has 0 heterocycles. The van der Waals surface area contributed by atoms with Crippen LogP contribution in [0.4, 0.5) is 14.5 Å². The lowest BCUT2D eigenvalue weighted by Gasteiger charge is -2.16. The number of nitro benzene ring substituents is 1. The molecule has 4 nitrogen and oxygen atoms in total. The molecule has 1 rings (SSSR count). The van der Waals surface area contributed by atoms with Crippen molar-refractivity contribution in [3.63, 3.8) is 0 Å². The topological polar surface area (TPSA) is 63.4 Å². The van der Waals surface area contributed by atoms with Gasteiger partial charge in [0.05, 0.1) is 4.92 Å². The summed E-state index contributed by atoms with van der Waals surface area (Å²) in [4.78, 5) is 9.95. The van der Waals surface area contributed by atoms with Crippen LogP contribution in [0.25, 0.3) is 0 Å². The molecule has 1 aromatic rings. The monoisotopic (exact) mass is 231 g/mol. The molecule has 6 heteroatoms. The second kappa shape index (κ2) is 4.13. The van der Waals surface area contributed by atoms with Crippen LogP contribution < -0.4 is 0 Å². The second-order valence-corrected chi connectivity index (χ2v) is 3.57. The minimum Gasteiger partial charge on any atom is -0.390 e. The first-order valence-electron chi connectivity index (χ1n) is 4.54. The lowest BCUT2D eigenvalue weighted by atomic mass is 9.99. The van der Waals surface area contributed by atoms with Crippen molar-refractivity contribution in [2.45, 2.75) is 19.8 Å². The third-order valence-corrected chi connectivity index (χ3v) is 2.33. The molecule has 0 amide bonds. The SMILES string of the molecule is Cc1cc(C(F)(F)CO)c(C)cc1[N+](=O)[O-]. The summed E-state index contributed by atoms with van der Waals surface area (Å²) in [7, 11) is 0. The van der Waals surface area contributed by atoms with Crippen LogP contribution in [-0.2, 0) is 5.92 Å². The second-order valence-electron chi connectivity index (χ2n) is 3.57. The number of nitro groups is 1. The zero-order valence-corrected chi connectivity index (χ0v) is 8.83. The number of alkyl halides is 2. The van der Waals surface area contributed by atoms with Crippen LogP contribution in [0.3, 0.4) is 0 Å². The van der Waals surface area contributed by atoms with Gasteiger partial charge in [0.15, 0.2) is 0 Å². The van der Waals surface area contributed by atoms with Crippen molar-refractivity contribution in [1.82, 2.24) is 0 Å². The summed E-state index contributed by atoms with van der Waals surface area (Å²) in [5.74, 6) is -3.37. The van der Waals surface area contributed by atoms with Gasteiger partial charge in [-0.2, -0.15) is 8.78 Å². The molecular formula is C10H11F2NO3. The van der Waals surface area contributed by atoms with Crippen molar-refractivity contribution >= 4 is 5.69 Å². The molecule has 0 aliphatic heterocycles. The maximum Gasteiger partial charge on any atom is 0.296 e. The number of nitrogens with zero attached hydrogens (tertiary/aromatic N) is 1. The van der Waals surface area contributed by atoms with Crippen LogP contribution in [0.5, 0.6) is 0 Å². The summed E-state index contributed by atoms with van der Waals surface area (Å²) < 4.78 is 26.5. The Kier molecular flexibility index (Phi) is 3.23. The minimum atomic E-state index is -3.37. The smallest absolute Gasteiger partial charge is 0.296 e. The van der Waals surface area contributed by atoms with Gasteiger partial charge in [-0.1, -0.05) is 0 Å². The fraction of sp³-hybridized carbons (Fsp3) is 0.400. The highest BCUT2D eigenvalue weighted by Gasteiger charge is 2.33. The number of rotatable bonds is 3. The molecule has 0 spiro atoms. The highest BCUT2D eigenvalue weighted by molar-refractivity contribution is 5.47. The number of halogens is 2. The average Bonchev–Trinajstić information content (AvgIpc) is 2.20. The van der Waals surface area contributed by atoms with Gasteiger partial charge in [-0.3, -0.25) is 10.1 Å². The molecule has 0 fully saturated rings. The van der Waals surface area contributed by atoms with Gasteiger partial charge in [0.25, 0.3) is 11.6 Å². The number of hydrogen-bond donors (Lipinski definition) is 1. The zero-order chi connectivity index (χ0) is 12.5. The van der Waals surface area contributed by atoms with Crippen molar-refractivity contribution in [2.75, 3.05) is 6.61 Å². The highest BCUT2D eigenvalue weighted by atomic mass is 19.3. The van der Waals surface area contributed by atoms with E-state index in [2.05, 4.69) is 0 Å². The summed E-state index contributed by atoms with van der Waals surface area (Å²) >= 11 is 0. The first-order chi connectivity index (χ1) is 7.29. The third-order valence-electron chi connectivity index (χ3n) is 2.33. The molecule has 0 aliphatic carbocycles. The molecule has 0 radical (unpaired) electrons. The van der Waals surface area contributed by atoms with Crippen molar-refractivity contribution < 1.29 is 18.8 Å². The largest absolute Gasteiger partial charge is 0.390 e. The van der Waals surface area contributed by atoms with E-state index >= 15 is 0 Å². The van der Waals surface area contributed by atoms with Gasteiger partial charge < -0.3 is 5.11 Å². The first kappa shape index (κ1) is 12.5. The number of benzene rings is 1. The van der Waals surface area contributed by atoms with E-state index < -0.39 is 17.5 Å². The standard InChI is InChI=1S/C10H11F2NO3/c1-6-4-9(13(15)16)7(2)3-8(6)10(11,12)5-14/h3-4,14H,5H2,1-2H3. The molecule has 1 aromatic carbocycles. The van der Waals surface area contributed by atoms with E-state index in [4.69, 9.17) is 5.11 Å². The Morgan fingerprint density at radius 3 is 2.38 bits per heavy atom. The number of aliphatic hydroxyl groups excluding tert-OH is 1. The van der Waals surface area contributed by atoms with Gasteiger partial charge in [0.2, 0.25) is 0 Å². The summed E-state index contributed by atoms with van der Waals surface area (Å²) in [6.07, 6.45) is 0. The Morgan fingerprint density at radius 1 is 1.38 bits per heavy atom. The zero-order valence-electron chi connectivity index (χ0n) is 8.83. The molecule has 16 heavy (non-hydrogen) atoms. The Balaban J connectivity index is 3.37. The van der Waals surface area contributed by atoms with E-state index in [9.17, 15) is 18.9 Å². The molecule has 1 N–H and O–H groups in total. The lowest BCUT2D eigenvalue weighted by Crippen LogP contribution is -2.20. The van der Waals surface area contributed by atoms with Gasteiger partial charge in [-0.15, -0.1) is 0 Å². The molecule has 0 aliphatic rings. The Hall–Kier alpha value is -1.56. The maximum atomic E-state index is 13.2. The van der Waals surface area contributed by atoms with Gasteiger partial charge in [-0.25, -0.2) is 0 Å². The Morgan fingerprint density at radius 2 is 1.94 bits per heavy atom. The molecule has 0 saturated heterocycles. The van der Waals surface area contributed by atoms with Crippen molar-refractivity contribution in [1.29, 1.82) is 0 Å². The summed E-state index contributed by atoms with van der Waals surface area (Å²) in [5.41, 5.74) is -0.330. The normalized spacial score (nSPS) is 11.6. The summed E-state index contributed by atoms with van der Waals surface area (Å²) in [6, 6.07) is 2.14. The predicted molar refractivity (Wildman–Crippen MR) is 53.6 cm³/mol. The van der Waals surface area contributed by atoms with E-state index in [1.165, 1.54) is 13.8 Å². The van der Waals surface area contributed by atoms with Crippen LogP contribution in [-0.4, -0.2) is 16.6 Å². The van der Waals surface area contributed by atoms with E-state index in [1.54, 1.807) is 0 Å². The lowest BCUT2D eigenvalue weighted by molar-refractivity contribution is -0.385. The Labute approximate surface area is 90.7 Å². The van der Waals surface area contributed by atoms with Crippen LogP contribution >= 0.6 is 0 Å². The summed E-state index contributed by atoms with van der Waals surface area (Å²) in [5, 5.41) is 19.1. The number of hydrogen-bond acceptors (Lipinski definition) is 3. The van der Waals surface area contributed by atoms with Gasteiger partial charge in [-0.05, 0) is 25.5 Å². The van der Waals surface area contributed by atoms with Gasteiger partial charge >= 0.3 is 0 Å². The average molecular weight is 231 g/mol. The molecule has 0 atom stereocenters. The quantitative estimate of drug-likeness (QED) is 0.641. The van der Waals surface area contributed by atoms with Crippen LogP contribution in [0.2, 0.25) is 0 Å². The molecule has 0 bridgehead atoms. The van der Waals surface area contributed by atoms with E-state index in [0.717, 1.165) is 12.1 Å². The predicted octanol–water partition coefficient (Wildman–Crippen LogP) is 2.30. The van der Waals surface area contributed by atoms with Crippen LogP contribution in [0.15, 0.2) is 12.1 Å². The van der Waals surface area contributed by atoms with Crippen molar-refractivity contribution in [3.8, 4) is 0 Å². The fourth-order valence-corrected chi connectivity index (χ4v) is 1.48. The number of aliphatic hydroxyl groups is 1. The molecule has 0 aromatic heterocycles. The fourth-order valence-electron chi connectivity index (χ4n) is 1.48. The minimum absolute atomic E-state index is 0.0938. The number of aryl methyl sites for hydroxylation is 2. The molecule has 0 unspecified atom stereocenters. The van der Waals surface area contributed by atoms with Crippen LogP contribution in [0, 0.1) is 24.0 Å². The van der Waals surface area contributed by atoms with Crippen molar-refractivity contribution in [2.24, 2.45) is 0 Å². The van der Waals surface area contributed by atoms with Gasteiger partial charge in [0.1, 0.15) is 6.61 Å². The van der Waals surface area contributed by atoms with E-state index in [-0.39, 0.29) is 22.4 Å².